The number of sulfone groups is 1. The minimum absolute atomic E-state index is 0.207. The molecular formula is C14H17BrO6S. The molecule has 0 aliphatic carbocycles. The third kappa shape index (κ3) is 3.80. The average Bonchev–Trinajstić information content (AvgIpc) is 2.42. The molecule has 1 saturated heterocycles. The van der Waals surface area contributed by atoms with Crippen molar-refractivity contribution in [3.63, 3.8) is 0 Å². The predicted octanol–water partition coefficient (Wildman–Crippen LogP) is 1.11. The van der Waals surface area contributed by atoms with E-state index >= 15 is 0 Å². The van der Waals surface area contributed by atoms with Gasteiger partial charge in [-0.05, 0) is 40.0 Å². The number of rotatable bonds is 4. The number of halogens is 1. The van der Waals surface area contributed by atoms with Crippen molar-refractivity contribution in [1.82, 2.24) is 0 Å². The van der Waals surface area contributed by atoms with Crippen molar-refractivity contribution in [2.75, 3.05) is 18.6 Å². The Morgan fingerprint density at radius 1 is 1.41 bits per heavy atom. The number of aliphatic hydroxyl groups is 1. The molecule has 1 aliphatic heterocycles. The Hall–Kier alpha value is -1.12. The van der Waals surface area contributed by atoms with E-state index < -0.39 is 39.5 Å². The van der Waals surface area contributed by atoms with E-state index in [2.05, 4.69) is 15.9 Å². The van der Waals surface area contributed by atoms with Gasteiger partial charge in [-0.15, -0.1) is 0 Å². The van der Waals surface area contributed by atoms with Crippen molar-refractivity contribution in [3.05, 3.63) is 28.2 Å². The summed E-state index contributed by atoms with van der Waals surface area (Å²) in [5, 5.41) is 19.3. The summed E-state index contributed by atoms with van der Waals surface area (Å²) in [4.78, 5) is 11.1. The van der Waals surface area contributed by atoms with Crippen molar-refractivity contribution >= 4 is 31.7 Å². The van der Waals surface area contributed by atoms with E-state index in [4.69, 9.17) is 9.84 Å². The second kappa shape index (κ2) is 6.55. The summed E-state index contributed by atoms with van der Waals surface area (Å²) in [6.45, 7) is 0. The largest absolute Gasteiger partial charge is 0.496 e. The maximum absolute atomic E-state index is 11.9. The highest BCUT2D eigenvalue weighted by molar-refractivity contribution is 9.10. The molecule has 1 aromatic carbocycles. The van der Waals surface area contributed by atoms with Gasteiger partial charge < -0.3 is 14.9 Å². The van der Waals surface area contributed by atoms with Crippen LogP contribution in [0.4, 0.5) is 0 Å². The highest BCUT2D eigenvalue weighted by Gasteiger charge is 2.43. The van der Waals surface area contributed by atoms with E-state index in [1.165, 1.54) is 7.11 Å². The van der Waals surface area contributed by atoms with Crippen LogP contribution in [0.15, 0.2) is 22.7 Å². The quantitative estimate of drug-likeness (QED) is 0.795. The minimum atomic E-state index is -3.48. The van der Waals surface area contributed by atoms with E-state index in [0.29, 0.717) is 5.75 Å². The first-order valence-electron chi connectivity index (χ1n) is 6.67. The first-order valence-corrected chi connectivity index (χ1v) is 9.28. The second-order valence-corrected chi connectivity index (χ2v) is 8.45. The molecular weight excluding hydrogens is 376 g/mol. The van der Waals surface area contributed by atoms with Crippen LogP contribution in [0, 0.1) is 11.8 Å². The third-order valence-electron chi connectivity index (χ3n) is 3.83. The van der Waals surface area contributed by atoms with Gasteiger partial charge in [0.2, 0.25) is 0 Å². The van der Waals surface area contributed by atoms with Gasteiger partial charge in [0, 0.05) is 5.92 Å². The first-order chi connectivity index (χ1) is 10.2. The van der Waals surface area contributed by atoms with Gasteiger partial charge in [0.05, 0.1) is 35.1 Å². The summed E-state index contributed by atoms with van der Waals surface area (Å²) in [7, 11) is -1.94. The summed E-state index contributed by atoms with van der Waals surface area (Å²) in [6.07, 6.45) is -0.894. The first kappa shape index (κ1) is 17.2. The Kier molecular flexibility index (Phi) is 5.14. The van der Waals surface area contributed by atoms with E-state index in [1.54, 1.807) is 18.2 Å². The van der Waals surface area contributed by atoms with Crippen LogP contribution in [-0.2, 0) is 21.1 Å². The molecule has 0 aromatic heterocycles. The monoisotopic (exact) mass is 392 g/mol. The molecule has 1 aromatic rings. The number of carboxylic acid groups (broad SMARTS) is 1. The van der Waals surface area contributed by atoms with E-state index in [9.17, 15) is 18.3 Å². The van der Waals surface area contributed by atoms with E-state index in [-0.39, 0.29) is 12.2 Å². The normalized spacial score (nSPS) is 27.3. The fraction of sp³-hybridized carbons (Fsp3) is 0.500. The van der Waals surface area contributed by atoms with Gasteiger partial charge >= 0.3 is 5.97 Å². The minimum Gasteiger partial charge on any atom is -0.496 e. The number of aliphatic carboxylic acids is 1. The van der Waals surface area contributed by atoms with Crippen molar-refractivity contribution in [2.24, 2.45) is 11.8 Å². The molecule has 0 amide bonds. The van der Waals surface area contributed by atoms with Gasteiger partial charge in [-0.1, -0.05) is 6.07 Å². The van der Waals surface area contributed by atoms with Gasteiger partial charge in [-0.3, -0.25) is 4.79 Å². The van der Waals surface area contributed by atoms with Crippen LogP contribution >= 0.6 is 15.9 Å². The van der Waals surface area contributed by atoms with E-state index in [0.717, 1.165) is 10.0 Å². The van der Waals surface area contributed by atoms with Gasteiger partial charge in [0.25, 0.3) is 0 Å². The van der Waals surface area contributed by atoms with Crippen molar-refractivity contribution in [1.29, 1.82) is 0 Å². The molecule has 1 fully saturated rings. The second-order valence-electron chi connectivity index (χ2n) is 5.45. The lowest BCUT2D eigenvalue weighted by molar-refractivity contribution is -0.146. The topological polar surface area (TPSA) is 101 Å². The molecule has 22 heavy (non-hydrogen) atoms. The molecule has 3 unspecified atom stereocenters. The van der Waals surface area contributed by atoms with Crippen LogP contribution in [0.2, 0.25) is 0 Å². The SMILES string of the molecule is COc1ccc(CC2CS(=O)(=O)CC(C(=O)O)C2O)cc1Br. The molecule has 8 heteroatoms. The van der Waals surface area contributed by atoms with Crippen LogP contribution in [-0.4, -0.2) is 49.3 Å². The Labute approximate surface area is 137 Å². The number of ether oxygens (including phenoxy) is 1. The molecule has 122 valence electrons. The molecule has 0 spiro atoms. The van der Waals surface area contributed by atoms with Crippen LogP contribution in [0.3, 0.4) is 0 Å². The number of carboxylic acids is 1. The lowest BCUT2D eigenvalue weighted by atomic mass is 9.88. The van der Waals surface area contributed by atoms with Gasteiger partial charge in [-0.25, -0.2) is 8.42 Å². The summed E-state index contributed by atoms with van der Waals surface area (Å²) in [5.41, 5.74) is 0.804. The fourth-order valence-electron chi connectivity index (χ4n) is 2.73. The van der Waals surface area contributed by atoms with Gasteiger partial charge in [0.15, 0.2) is 9.84 Å². The molecule has 1 heterocycles. The molecule has 1 aliphatic rings. The molecule has 2 rings (SSSR count). The third-order valence-corrected chi connectivity index (χ3v) is 6.25. The molecule has 0 radical (unpaired) electrons. The fourth-order valence-corrected chi connectivity index (χ4v) is 5.31. The molecule has 0 bridgehead atoms. The number of hydrogen-bond donors (Lipinski definition) is 2. The Bertz CT molecular complexity index is 672. The number of benzene rings is 1. The molecule has 3 atom stereocenters. The highest BCUT2D eigenvalue weighted by Crippen LogP contribution is 2.30. The van der Waals surface area contributed by atoms with Crippen LogP contribution < -0.4 is 4.74 Å². The zero-order valence-electron chi connectivity index (χ0n) is 11.9. The maximum atomic E-state index is 11.9. The Morgan fingerprint density at radius 2 is 2.09 bits per heavy atom. The predicted molar refractivity (Wildman–Crippen MR) is 83.7 cm³/mol. The number of carbonyl (C=O) groups is 1. The molecule has 6 nitrogen and oxygen atoms in total. The number of methoxy groups -OCH3 is 1. The highest BCUT2D eigenvalue weighted by atomic mass is 79.9. The lowest BCUT2D eigenvalue weighted by Crippen LogP contribution is -2.47. The Balaban J connectivity index is 2.23. The zero-order valence-corrected chi connectivity index (χ0v) is 14.3. The van der Waals surface area contributed by atoms with Crippen LogP contribution in [0.5, 0.6) is 5.75 Å². The maximum Gasteiger partial charge on any atom is 0.310 e. The van der Waals surface area contributed by atoms with E-state index in [1.807, 2.05) is 0 Å². The van der Waals surface area contributed by atoms with Crippen molar-refractivity contribution in [3.8, 4) is 5.75 Å². The summed E-state index contributed by atoms with van der Waals surface area (Å²) < 4.78 is 29.6. The lowest BCUT2D eigenvalue weighted by Gasteiger charge is -2.32. The molecule has 0 saturated carbocycles. The molecule has 2 N–H and O–H groups in total. The summed E-state index contributed by atoms with van der Waals surface area (Å²) in [6, 6.07) is 5.29. The van der Waals surface area contributed by atoms with Crippen LogP contribution in [0.25, 0.3) is 0 Å². The van der Waals surface area contributed by atoms with Crippen LogP contribution in [0.1, 0.15) is 5.56 Å². The standard InChI is InChI=1S/C14H17BrO6S/c1-21-12-3-2-8(5-11(12)15)4-9-6-22(19,20)7-10(13(9)16)14(17)18/h2-3,5,9-10,13,16H,4,6-7H2,1H3,(H,17,18). The van der Waals surface area contributed by atoms with Gasteiger partial charge in [-0.2, -0.15) is 0 Å². The summed E-state index contributed by atoms with van der Waals surface area (Å²) in [5.74, 6) is -3.26. The number of aliphatic hydroxyl groups excluding tert-OH is 1. The zero-order chi connectivity index (χ0) is 16.5. The Morgan fingerprint density at radius 3 is 2.64 bits per heavy atom. The van der Waals surface area contributed by atoms with Gasteiger partial charge in [0.1, 0.15) is 5.75 Å². The smallest absolute Gasteiger partial charge is 0.310 e. The van der Waals surface area contributed by atoms with Crippen molar-refractivity contribution in [2.45, 2.75) is 12.5 Å². The van der Waals surface area contributed by atoms with Crippen molar-refractivity contribution < 1.29 is 28.2 Å². The number of hydrogen-bond acceptors (Lipinski definition) is 5. The summed E-state index contributed by atoms with van der Waals surface area (Å²) >= 11 is 3.34. The average molecular weight is 393 g/mol.